The van der Waals surface area contributed by atoms with Crippen molar-refractivity contribution >= 4 is 11.5 Å². The molecule has 0 aliphatic carbocycles. The van der Waals surface area contributed by atoms with Crippen molar-refractivity contribution < 1.29 is 5.11 Å². The number of nitrogens with two attached hydrogens (primary N) is 1. The van der Waals surface area contributed by atoms with Crippen LogP contribution in [0.25, 0.3) is 0 Å². The van der Waals surface area contributed by atoms with Crippen molar-refractivity contribution in [3.8, 4) is 0 Å². The Labute approximate surface area is 95.4 Å². The van der Waals surface area contributed by atoms with Gasteiger partial charge in [-0.1, -0.05) is 6.92 Å². The zero-order valence-electron chi connectivity index (χ0n) is 9.48. The lowest BCUT2D eigenvalue weighted by molar-refractivity contribution is 0.302. The first kappa shape index (κ1) is 12.4. The standard InChI is InChI=1S/C11H18N4O/c1-2-5-15(6-7-16)10-8-14-4-3-9(10)11(12)13/h3-4,8,16H,2,5-7H2,1H3,(H3,12,13). The van der Waals surface area contributed by atoms with Crippen LogP contribution in [0, 0.1) is 5.41 Å². The van der Waals surface area contributed by atoms with Gasteiger partial charge in [-0.05, 0) is 12.5 Å². The van der Waals surface area contributed by atoms with Crippen LogP contribution in [0.1, 0.15) is 18.9 Å². The van der Waals surface area contributed by atoms with Crippen LogP contribution in [0.5, 0.6) is 0 Å². The van der Waals surface area contributed by atoms with Crippen LogP contribution in [-0.4, -0.2) is 35.6 Å². The van der Waals surface area contributed by atoms with Crippen molar-refractivity contribution in [2.24, 2.45) is 5.73 Å². The summed E-state index contributed by atoms with van der Waals surface area (Å²) in [7, 11) is 0. The molecule has 0 unspecified atom stereocenters. The number of nitrogen functional groups attached to an aromatic ring is 1. The number of hydrogen-bond donors (Lipinski definition) is 3. The first-order valence-electron chi connectivity index (χ1n) is 5.35. The van der Waals surface area contributed by atoms with E-state index in [2.05, 4.69) is 11.9 Å². The van der Waals surface area contributed by atoms with E-state index < -0.39 is 0 Å². The highest BCUT2D eigenvalue weighted by atomic mass is 16.3. The highest BCUT2D eigenvalue weighted by molar-refractivity contribution is 6.00. The summed E-state index contributed by atoms with van der Waals surface area (Å²) < 4.78 is 0. The number of anilines is 1. The molecule has 0 amide bonds. The summed E-state index contributed by atoms with van der Waals surface area (Å²) in [5, 5.41) is 16.5. The Kier molecular flexibility index (Phi) is 4.72. The largest absolute Gasteiger partial charge is 0.395 e. The van der Waals surface area contributed by atoms with Gasteiger partial charge >= 0.3 is 0 Å². The molecular weight excluding hydrogens is 204 g/mol. The minimum absolute atomic E-state index is 0.0245. The van der Waals surface area contributed by atoms with Crippen LogP contribution in [0.3, 0.4) is 0 Å². The Balaban J connectivity index is 3.02. The van der Waals surface area contributed by atoms with Gasteiger partial charge in [0, 0.05) is 24.8 Å². The lowest BCUT2D eigenvalue weighted by Crippen LogP contribution is -2.30. The third-order valence-corrected chi connectivity index (χ3v) is 2.29. The average Bonchev–Trinajstić information content (AvgIpc) is 2.29. The van der Waals surface area contributed by atoms with Gasteiger partial charge < -0.3 is 15.7 Å². The van der Waals surface area contributed by atoms with E-state index in [4.69, 9.17) is 16.2 Å². The van der Waals surface area contributed by atoms with Gasteiger partial charge in [0.2, 0.25) is 0 Å². The molecule has 1 rings (SSSR count). The maximum atomic E-state index is 9.01. The summed E-state index contributed by atoms with van der Waals surface area (Å²) in [4.78, 5) is 6.03. The van der Waals surface area contributed by atoms with Gasteiger partial charge in [0.15, 0.2) is 0 Å². The van der Waals surface area contributed by atoms with Gasteiger partial charge in [-0.15, -0.1) is 0 Å². The summed E-state index contributed by atoms with van der Waals surface area (Å²) in [6.07, 6.45) is 4.26. The molecule has 0 aliphatic heterocycles. The Hall–Kier alpha value is -1.62. The normalized spacial score (nSPS) is 10.1. The fourth-order valence-corrected chi connectivity index (χ4v) is 1.61. The molecule has 0 radical (unpaired) electrons. The van der Waals surface area contributed by atoms with Gasteiger partial charge in [-0.25, -0.2) is 0 Å². The van der Waals surface area contributed by atoms with E-state index in [-0.39, 0.29) is 12.4 Å². The summed E-state index contributed by atoms with van der Waals surface area (Å²) in [6.45, 7) is 3.48. The Morgan fingerprint density at radius 1 is 1.56 bits per heavy atom. The summed E-state index contributed by atoms with van der Waals surface area (Å²) in [6, 6.07) is 1.72. The molecular formula is C11H18N4O. The molecule has 0 aromatic carbocycles. The van der Waals surface area contributed by atoms with Gasteiger partial charge in [0.25, 0.3) is 0 Å². The van der Waals surface area contributed by atoms with Gasteiger partial charge in [-0.2, -0.15) is 0 Å². The number of nitrogens with one attached hydrogen (secondary N) is 1. The van der Waals surface area contributed by atoms with E-state index >= 15 is 0 Å². The summed E-state index contributed by atoms with van der Waals surface area (Å²) >= 11 is 0. The number of hydrogen-bond acceptors (Lipinski definition) is 4. The minimum Gasteiger partial charge on any atom is -0.395 e. The van der Waals surface area contributed by atoms with E-state index in [0.29, 0.717) is 12.1 Å². The van der Waals surface area contributed by atoms with Crippen LogP contribution < -0.4 is 10.6 Å². The number of rotatable bonds is 6. The first-order chi connectivity index (χ1) is 7.70. The van der Waals surface area contributed by atoms with E-state index in [1.54, 1.807) is 18.5 Å². The number of aliphatic hydroxyl groups excluding tert-OH is 1. The molecule has 0 spiro atoms. The molecule has 4 N–H and O–H groups in total. The lowest BCUT2D eigenvalue weighted by Gasteiger charge is -2.25. The summed E-state index contributed by atoms with van der Waals surface area (Å²) in [5.41, 5.74) is 6.99. The fraction of sp³-hybridized carbons (Fsp3) is 0.455. The Morgan fingerprint density at radius 3 is 2.88 bits per heavy atom. The van der Waals surface area contributed by atoms with Gasteiger partial charge in [0.1, 0.15) is 5.84 Å². The molecule has 1 aromatic rings. The number of amidine groups is 1. The Morgan fingerprint density at radius 2 is 2.31 bits per heavy atom. The second kappa shape index (κ2) is 6.07. The fourth-order valence-electron chi connectivity index (χ4n) is 1.61. The van der Waals surface area contributed by atoms with Crippen molar-refractivity contribution in [1.82, 2.24) is 4.98 Å². The zero-order valence-corrected chi connectivity index (χ0v) is 9.48. The maximum absolute atomic E-state index is 9.01. The van der Waals surface area contributed by atoms with E-state index in [1.165, 1.54) is 0 Å². The van der Waals surface area contributed by atoms with Crippen LogP contribution >= 0.6 is 0 Å². The van der Waals surface area contributed by atoms with Crippen LogP contribution in [0.15, 0.2) is 18.5 Å². The number of aromatic nitrogens is 1. The van der Waals surface area contributed by atoms with Crippen molar-refractivity contribution in [2.75, 3.05) is 24.6 Å². The topological polar surface area (TPSA) is 86.2 Å². The predicted molar refractivity (Wildman–Crippen MR) is 64.8 cm³/mol. The second-order valence-electron chi connectivity index (χ2n) is 3.52. The molecule has 0 atom stereocenters. The van der Waals surface area contributed by atoms with E-state index in [1.807, 2.05) is 4.90 Å². The molecule has 1 aromatic heterocycles. The maximum Gasteiger partial charge on any atom is 0.125 e. The van der Waals surface area contributed by atoms with Crippen molar-refractivity contribution in [1.29, 1.82) is 5.41 Å². The molecule has 0 saturated carbocycles. The SMILES string of the molecule is CCCN(CCO)c1cnccc1C(=N)N. The molecule has 0 fully saturated rings. The smallest absolute Gasteiger partial charge is 0.125 e. The van der Waals surface area contributed by atoms with Crippen LogP contribution in [0.2, 0.25) is 0 Å². The summed E-state index contributed by atoms with van der Waals surface area (Å²) in [5.74, 6) is 0.0245. The average molecular weight is 222 g/mol. The number of nitrogens with zero attached hydrogens (tertiary/aromatic N) is 2. The molecule has 5 nitrogen and oxygen atoms in total. The molecule has 0 bridgehead atoms. The minimum atomic E-state index is 0.0245. The van der Waals surface area contributed by atoms with Crippen LogP contribution in [0.4, 0.5) is 5.69 Å². The quantitative estimate of drug-likeness (QED) is 0.485. The van der Waals surface area contributed by atoms with Crippen molar-refractivity contribution in [3.05, 3.63) is 24.0 Å². The molecule has 5 heteroatoms. The highest BCUT2D eigenvalue weighted by Gasteiger charge is 2.11. The van der Waals surface area contributed by atoms with Gasteiger partial charge in [-0.3, -0.25) is 10.4 Å². The monoisotopic (exact) mass is 222 g/mol. The third kappa shape index (κ3) is 2.93. The van der Waals surface area contributed by atoms with E-state index in [0.717, 1.165) is 18.7 Å². The lowest BCUT2D eigenvalue weighted by atomic mass is 10.2. The molecule has 0 saturated heterocycles. The predicted octanol–water partition coefficient (Wildman–Crippen LogP) is 0.574. The van der Waals surface area contributed by atoms with Crippen molar-refractivity contribution in [2.45, 2.75) is 13.3 Å². The van der Waals surface area contributed by atoms with Gasteiger partial charge in [0.05, 0.1) is 18.5 Å². The van der Waals surface area contributed by atoms with Crippen molar-refractivity contribution in [3.63, 3.8) is 0 Å². The van der Waals surface area contributed by atoms with Crippen LogP contribution in [-0.2, 0) is 0 Å². The number of aliphatic hydroxyl groups is 1. The Bertz CT molecular complexity index is 348. The molecule has 88 valence electrons. The molecule has 16 heavy (non-hydrogen) atoms. The number of pyridine rings is 1. The highest BCUT2D eigenvalue weighted by Crippen LogP contribution is 2.18. The molecule has 1 heterocycles. The van der Waals surface area contributed by atoms with E-state index in [9.17, 15) is 0 Å². The third-order valence-electron chi connectivity index (χ3n) is 2.29. The zero-order chi connectivity index (χ0) is 12.0. The first-order valence-corrected chi connectivity index (χ1v) is 5.35. The molecule has 0 aliphatic rings. The second-order valence-corrected chi connectivity index (χ2v) is 3.52.